The van der Waals surface area contributed by atoms with E-state index in [0.717, 1.165) is 17.0 Å². The normalized spacial score (nSPS) is 18.2. The maximum atomic E-state index is 11.4. The van der Waals surface area contributed by atoms with Crippen LogP contribution in [0.3, 0.4) is 0 Å². The van der Waals surface area contributed by atoms with E-state index in [9.17, 15) is 4.79 Å². The number of nitrogens with one attached hydrogen (secondary N) is 1. The lowest BCUT2D eigenvalue weighted by Gasteiger charge is -2.26. The summed E-state index contributed by atoms with van der Waals surface area (Å²) in [6.45, 7) is 3.79. The van der Waals surface area contributed by atoms with Gasteiger partial charge in [0.05, 0.1) is 18.7 Å². The minimum absolute atomic E-state index is 0.218. The van der Waals surface area contributed by atoms with Crippen molar-refractivity contribution in [1.82, 2.24) is 5.32 Å². The zero-order valence-corrected chi connectivity index (χ0v) is 12.3. The lowest BCUT2D eigenvalue weighted by Crippen LogP contribution is -2.23. The summed E-state index contributed by atoms with van der Waals surface area (Å²) in [7, 11) is 1.28. The van der Waals surface area contributed by atoms with Gasteiger partial charge in [-0.15, -0.1) is 0 Å². The van der Waals surface area contributed by atoms with Gasteiger partial charge in [-0.3, -0.25) is 0 Å². The molecule has 1 aromatic carbocycles. The first-order valence-electron chi connectivity index (χ1n) is 6.19. The topological polar surface area (TPSA) is 47.6 Å². The Bertz CT molecular complexity index is 593. The van der Waals surface area contributed by atoms with Crippen molar-refractivity contribution in [1.29, 1.82) is 0 Å². The molecule has 0 bridgehead atoms. The van der Waals surface area contributed by atoms with Gasteiger partial charge in [0.1, 0.15) is 5.76 Å². The Kier molecular flexibility index (Phi) is 4.35. The Morgan fingerprint density at radius 3 is 2.65 bits per heavy atom. The fourth-order valence-electron chi connectivity index (χ4n) is 2.19. The van der Waals surface area contributed by atoms with Crippen LogP contribution in [0, 0.1) is 0 Å². The minimum Gasteiger partial charge on any atom is -0.437 e. The highest BCUT2D eigenvalue weighted by Gasteiger charge is 2.26. The molecule has 0 saturated carbocycles. The number of hydrogen-bond donors (Lipinski definition) is 1. The second-order valence-electron chi connectivity index (χ2n) is 4.52. The van der Waals surface area contributed by atoms with Crippen LogP contribution in [0.5, 0.6) is 0 Å². The van der Waals surface area contributed by atoms with Crippen LogP contribution >= 0.6 is 11.6 Å². The Balaban J connectivity index is 2.43. The molecule has 0 aromatic heterocycles. The molecule has 0 amide bonds. The molecule has 0 aliphatic carbocycles. The number of methoxy groups -OCH3 is 1. The number of dihydropyridines is 1. The van der Waals surface area contributed by atoms with E-state index in [2.05, 4.69) is 10.1 Å². The first-order chi connectivity index (χ1) is 9.52. The molecule has 5 heteroatoms. The monoisotopic (exact) mass is 293 g/mol. The van der Waals surface area contributed by atoms with Gasteiger partial charge in [0, 0.05) is 10.7 Å². The summed E-state index contributed by atoms with van der Waals surface area (Å²) in [5.41, 5.74) is 2.62. The number of halogens is 1. The van der Waals surface area contributed by atoms with Gasteiger partial charge >= 0.3 is 6.16 Å². The summed E-state index contributed by atoms with van der Waals surface area (Å²) in [6.07, 6.45) is 1.22. The van der Waals surface area contributed by atoms with E-state index in [1.54, 1.807) is 0 Å². The summed E-state index contributed by atoms with van der Waals surface area (Å²) in [6, 6.07) is 7.49. The molecule has 1 atom stereocenters. The van der Waals surface area contributed by atoms with Crippen LogP contribution < -0.4 is 5.32 Å². The van der Waals surface area contributed by atoms with Crippen molar-refractivity contribution < 1.29 is 14.3 Å². The van der Waals surface area contributed by atoms with Gasteiger partial charge in [-0.25, -0.2) is 4.79 Å². The molecular weight excluding hydrogens is 278 g/mol. The zero-order valence-electron chi connectivity index (χ0n) is 11.6. The standard InChI is InChI=1S/C15H16ClNO3/c1-9-8-12(11-6-4-5-7-13(11)16)14(10(2)17-9)20-15(18)19-3/h4-8,12,17H,1-3H3. The van der Waals surface area contributed by atoms with Crippen molar-refractivity contribution in [3.05, 3.63) is 58.1 Å². The van der Waals surface area contributed by atoms with E-state index in [1.165, 1.54) is 7.11 Å². The predicted molar refractivity (Wildman–Crippen MR) is 77.3 cm³/mol. The quantitative estimate of drug-likeness (QED) is 0.839. The number of hydrogen-bond acceptors (Lipinski definition) is 4. The van der Waals surface area contributed by atoms with E-state index in [1.807, 2.05) is 44.2 Å². The highest BCUT2D eigenvalue weighted by atomic mass is 35.5. The first-order valence-corrected chi connectivity index (χ1v) is 6.57. The van der Waals surface area contributed by atoms with Crippen LogP contribution in [0.15, 0.2) is 47.5 Å². The van der Waals surface area contributed by atoms with E-state index in [4.69, 9.17) is 16.3 Å². The molecule has 0 saturated heterocycles. The van der Waals surface area contributed by atoms with Gasteiger partial charge in [-0.2, -0.15) is 0 Å². The largest absolute Gasteiger partial charge is 0.513 e. The zero-order chi connectivity index (χ0) is 14.7. The molecule has 1 aliphatic rings. The summed E-state index contributed by atoms with van der Waals surface area (Å²) in [5, 5.41) is 3.77. The molecule has 0 fully saturated rings. The van der Waals surface area contributed by atoms with Crippen LogP contribution in [0.25, 0.3) is 0 Å². The molecule has 1 N–H and O–H groups in total. The van der Waals surface area contributed by atoms with Crippen LogP contribution in [0.1, 0.15) is 25.3 Å². The van der Waals surface area contributed by atoms with Gasteiger partial charge in [-0.1, -0.05) is 35.9 Å². The maximum absolute atomic E-state index is 11.4. The molecule has 1 aromatic rings. The highest BCUT2D eigenvalue weighted by Crippen LogP contribution is 2.36. The summed E-state index contributed by atoms with van der Waals surface area (Å²) in [4.78, 5) is 11.4. The third-order valence-corrected chi connectivity index (χ3v) is 3.40. The fraction of sp³-hybridized carbons (Fsp3) is 0.267. The van der Waals surface area contributed by atoms with Gasteiger partial charge in [-0.05, 0) is 25.5 Å². The molecule has 1 unspecified atom stereocenters. The lowest BCUT2D eigenvalue weighted by molar-refractivity contribution is 0.0925. The number of allylic oxidation sites excluding steroid dienone is 3. The Morgan fingerprint density at radius 2 is 2.00 bits per heavy atom. The van der Waals surface area contributed by atoms with Crippen molar-refractivity contribution in [3.8, 4) is 0 Å². The molecule has 0 radical (unpaired) electrons. The van der Waals surface area contributed by atoms with Gasteiger partial charge in [0.2, 0.25) is 0 Å². The van der Waals surface area contributed by atoms with E-state index < -0.39 is 6.16 Å². The van der Waals surface area contributed by atoms with Crippen molar-refractivity contribution in [3.63, 3.8) is 0 Å². The van der Waals surface area contributed by atoms with Crippen molar-refractivity contribution >= 4 is 17.8 Å². The van der Waals surface area contributed by atoms with E-state index in [-0.39, 0.29) is 5.92 Å². The number of ether oxygens (including phenoxy) is 2. The third kappa shape index (κ3) is 2.96. The van der Waals surface area contributed by atoms with Crippen molar-refractivity contribution in [2.75, 3.05) is 7.11 Å². The lowest BCUT2D eigenvalue weighted by atomic mass is 9.92. The van der Waals surface area contributed by atoms with Crippen molar-refractivity contribution in [2.45, 2.75) is 19.8 Å². The van der Waals surface area contributed by atoms with E-state index >= 15 is 0 Å². The van der Waals surface area contributed by atoms with Crippen LogP contribution in [-0.4, -0.2) is 13.3 Å². The molecule has 0 spiro atoms. The molecule has 1 heterocycles. The number of carbonyl (C=O) groups is 1. The van der Waals surface area contributed by atoms with Crippen LogP contribution in [0.4, 0.5) is 4.79 Å². The Hall–Kier alpha value is -1.94. The highest BCUT2D eigenvalue weighted by molar-refractivity contribution is 6.31. The Morgan fingerprint density at radius 1 is 1.30 bits per heavy atom. The summed E-state index contributed by atoms with van der Waals surface area (Å²) in [5.74, 6) is 0.277. The minimum atomic E-state index is -0.744. The average Bonchev–Trinajstić information content (AvgIpc) is 2.42. The molecular formula is C15H16ClNO3. The second kappa shape index (κ2) is 6.01. The summed E-state index contributed by atoms with van der Waals surface area (Å²) >= 11 is 6.24. The molecule has 2 rings (SSSR count). The number of carbonyl (C=O) groups excluding carboxylic acids is 1. The smallest absolute Gasteiger partial charge is 0.437 e. The van der Waals surface area contributed by atoms with Gasteiger partial charge in [0.25, 0.3) is 0 Å². The van der Waals surface area contributed by atoms with Crippen LogP contribution in [-0.2, 0) is 9.47 Å². The molecule has 106 valence electrons. The molecule has 20 heavy (non-hydrogen) atoms. The molecule has 4 nitrogen and oxygen atoms in total. The number of rotatable bonds is 2. The van der Waals surface area contributed by atoms with Gasteiger partial charge < -0.3 is 14.8 Å². The van der Waals surface area contributed by atoms with Crippen LogP contribution in [0.2, 0.25) is 5.02 Å². The number of benzene rings is 1. The maximum Gasteiger partial charge on any atom is 0.513 e. The first kappa shape index (κ1) is 14.5. The SMILES string of the molecule is COC(=O)OC1=C(C)NC(C)=CC1c1ccccc1Cl. The Labute approximate surface area is 123 Å². The predicted octanol–water partition coefficient (Wildman–Crippen LogP) is 3.95. The second-order valence-corrected chi connectivity index (χ2v) is 4.93. The fourth-order valence-corrected chi connectivity index (χ4v) is 2.44. The average molecular weight is 294 g/mol. The third-order valence-electron chi connectivity index (χ3n) is 3.05. The van der Waals surface area contributed by atoms with E-state index in [0.29, 0.717) is 10.8 Å². The summed E-state index contributed by atoms with van der Waals surface area (Å²) < 4.78 is 9.84. The van der Waals surface area contributed by atoms with Gasteiger partial charge in [0.15, 0.2) is 0 Å². The van der Waals surface area contributed by atoms with Crippen molar-refractivity contribution in [2.24, 2.45) is 0 Å². The molecule has 1 aliphatic heterocycles.